The molecule has 0 amide bonds. The first-order chi connectivity index (χ1) is 6.49. The van der Waals surface area contributed by atoms with Crippen LogP contribution in [0.25, 0.3) is 0 Å². The molecule has 1 heteroatoms. The summed E-state index contributed by atoms with van der Waals surface area (Å²) in [6.07, 6.45) is 8.81. The van der Waals surface area contributed by atoms with Gasteiger partial charge in [0.15, 0.2) is 0 Å². The summed E-state index contributed by atoms with van der Waals surface area (Å²) in [5.41, 5.74) is 3.10. The Labute approximate surface area is 88.3 Å². The number of hydrogen-bond acceptors (Lipinski definition) is 1. The van der Waals surface area contributed by atoms with Gasteiger partial charge in [0, 0.05) is 6.21 Å². The van der Waals surface area contributed by atoms with E-state index in [2.05, 4.69) is 38.9 Å². The lowest BCUT2D eigenvalue weighted by Crippen LogP contribution is -2.10. The van der Waals surface area contributed by atoms with Crippen molar-refractivity contribution in [2.24, 2.45) is 4.99 Å². The lowest BCUT2D eigenvalue weighted by Gasteiger charge is -2.16. The van der Waals surface area contributed by atoms with Crippen molar-refractivity contribution in [3.05, 3.63) is 11.1 Å². The highest BCUT2D eigenvalue weighted by atomic mass is 14.8. The Bertz CT molecular complexity index is 232. The molecule has 1 fully saturated rings. The zero-order chi connectivity index (χ0) is 10.6. The molecule has 80 valence electrons. The number of rotatable bonds is 1. The van der Waals surface area contributed by atoms with E-state index in [0.717, 1.165) is 0 Å². The van der Waals surface area contributed by atoms with Crippen LogP contribution in [0.3, 0.4) is 0 Å². The Hall–Kier alpha value is -0.590. The summed E-state index contributed by atoms with van der Waals surface area (Å²) in [4.78, 5) is 4.55. The first kappa shape index (κ1) is 11.5. The minimum absolute atomic E-state index is 0.0660. The molecule has 1 nitrogen and oxygen atoms in total. The second kappa shape index (κ2) is 4.77. The Morgan fingerprint density at radius 2 is 1.71 bits per heavy atom. The van der Waals surface area contributed by atoms with Crippen LogP contribution in [0.4, 0.5) is 0 Å². The van der Waals surface area contributed by atoms with E-state index in [-0.39, 0.29) is 5.54 Å². The third-order valence-electron chi connectivity index (χ3n) is 2.66. The molecule has 0 unspecified atom stereocenters. The van der Waals surface area contributed by atoms with Gasteiger partial charge in [-0.3, -0.25) is 4.99 Å². The van der Waals surface area contributed by atoms with Crippen LogP contribution in [-0.4, -0.2) is 11.8 Å². The molecule has 0 saturated heterocycles. The van der Waals surface area contributed by atoms with Crippen molar-refractivity contribution in [1.29, 1.82) is 0 Å². The molecule has 0 aliphatic heterocycles. The van der Waals surface area contributed by atoms with Gasteiger partial charge in [-0.2, -0.15) is 0 Å². The summed E-state index contributed by atoms with van der Waals surface area (Å²) in [6.45, 7) is 8.63. The third-order valence-corrected chi connectivity index (χ3v) is 2.66. The van der Waals surface area contributed by atoms with Crippen LogP contribution in [0, 0.1) is 0 Å². The van der Waals surface area contributed by atoms with E-state index < -0.39 is 0 Å². The number of hydrogen-bond donors (Lipinski definition) is 0. The highest BCUT2D eigenvalue weighted by Gasteiger charge is 2.09. The van der Waals surface area contributed by atoms with Crippen LogP contribution < -0.4 is 0 Å². The largest absolute Gasteiger partial charge is 0.287 e. The van der Waals surface area contributed by atoms with Crippen LogP contribution in [0.15, 0.2) is 16.1 Å². The fourth-order valence-corrected chi connectivity index (χ4v) is 1.75. The molecular weight excluding hydrogens is 170 g/mol. The molecule has 0 radical (unpaired) electrons. The molecular formula is C13H23N. The predicted molar refractivity (Wildman–Crippen MR) is 64.0 cm³/mol. The van der Waals surface area contributed by atoms with E-state index in [4.69, 9.17) is 0 Å². The van der Waals surface area contributed by atoms with E-state index in [9.17, 15) is 0 Å². The zero-order valence-electron chi connectivity index (χ0n) is 10.1. The molecule has 1 aliphatic carbocycles. The van der Waals surface area contributed by atoms with Gasteiger partial charge in [0.25, 0.3) is 0 Å². The highest BCUT2D eigenvalue weighted by molar-refractivity contribution is 5.79. The Morgan fingerprint density at radius 1 is 1.14 bits per heavy atom. The minimum Gasteiger partial charge on any atom is -0.287 e. The van der Waals surface area contributed by atoms with Gasteiger partial charge in [-0.05, 0) is 59.0 Å². The Balaban J connectivity index is 2.62. The van der Waals surface area contributed by atoms with Gasteiger partial charge in [-0.15, -0.1) is 0 Å². The molecule has 0 spiro atoms. The van der Waals surface area contributed by atoms with Crippen molar-refractivity contribution >= 4 is 6.21 Å². The topological polar surface area (TPSA) is 12.4 Å². The summed E-state index contributed by atoms with van der Waals surface area (Å²) < 4.78 is 0. The van der Waals surface area contributed by atoms with Crippen LogP contribution >= 0.6 is 0 Å². The molecule has 1 aliphatic rings. The first-order valence-electron chi connectivity index (χ1n) is 5.73. The molecule has 0 heterocycles. The lowest BCUT2D eigenvalue weighted by molar-refractivity contribution is 0.584. The third kappa shape index (κ3) is 4.08. The molecule has 1 saturated carbocycles. The van der Waals surface area contributed by atoms with Gasteiger partial charge in [0.2, 0.25) is 0 Å². The zero-order valence-corrected chi connectivity index (χ0v) is 10.1. The standard InChI is InChI=1S/C13H23N/c1-11(10-14-13(2,3)4)12-8-6-5-7-9-12/h10H,5-9H2,1-4H3. The minimum atomic E-state index is 0.0660. The average Bonchev–Trinajstić information content (AvgIpc) is 2.14. The molecule has 0 aromatic rings. The van der Waals surface area contributed by atoms with Crippen molar-refractivity contribution in [3.63, 3.8) is 0 Å². The van der Waals surface area contributed by atoms with Crippen LogP contribution in [0.5, 0.6) is 0 Å². The average molecular weight is 193 g/mol. The second-order valence-corrected chi connectivity index (χ2v) is 5.28. The summed E-state index contributed by atoms with van der Waals surface area (Å²) in [5.74, 6) is 0. The second-order valence-electron chi connectivity index (χ2n) is 5.28. The Kier molecular flexibility index (Phi) is 3.91. The van der Waals surface area contributed by atoms with Crippen LogP contribution in [-0.2, 0) is 0 Å². The molecule has 0 N–H and O–H groups in total. The van der Waals surface area contributed by atoms with E-state index in [1.807, 2.05) is 0 Å². The maximum absolute atomic E-state index is 4.55. The fraction of sp³-hybridized carbons (Fsp3) is 0.769. The molecule has 0 atom stereocenters. The Morgan fingerprint density at radius 3 is 2.21 bits per heavy atom. The van der Waals surface area contributed by atoms with E-state index >= 15 is 0 Å². The molecule has 14 heavy (non-hydrogen) atoms. The lowest BCUT2D eigenvalue weighted by atomic mass is 9.92. The molecule has 0 aromatic carbocycles. The smallest absolute Gasteiger partial charge is 0.0524 e. The van der Waals surface area contributed by atoms with Crippen molar-refractivity contribution in [1.82, 2.24) is 0 Å². The molecule has 1 rings (SSSR count). The first-order valence-corrected chi connectivity index (χ1v) is 5.73. The quantitative estimate of drug-likeness (QED) is 0.555. The normalized spacial score (nSPS) is 19.0. The van der Waals surface area contributed by atoms with Crippen molar-refractivity contribution < 1.29 is 0 Å². The summed E-state index contributed by atoms with van der Waals surface area (Å²) in [7, 11) is 0. The monoisotopic (exact) mass is 193 g/mol. The number of aliphatic imine (C=N–C) groups is 1. The van der Waals surface area contributed by atoms with E-state index in [1.165, 1.54) is 37.7 Å². The predicted octanol–water partition coefficient (Wildman–Crippen LogP) is 4.14. The van der Waals surface area contributed by atoms with Gasteiger partial charge < -0.3 is 0 Å². The van der Waals surface area contributed by atoms with Crippen LogP contribution in [0.1, 0.15) is 59.8 Å². The molecule has 0 bridgehead atoms. The summed E-state index contributed by atoms with van der Waals surface area (Å²) in [6, 6.07) is 0. The number of allylic oxidation sites excluding steroid dienone is 2. The molecule has 0 aromatic heterocycles. The van der Waals surface area contributed by atoms with E-state index in [1.54, 1.807) is 5.57 Å². The highest BCUT2D eigenvalue weighted by Crippen LogP contribution is 2.25. The summed E-state index contributed by atoms with van der Waals surface area (Å²) >= 11 is 0. The fourth-order valence-electron chi connectivity index (χ4n) is 1.75. The SMILES string of the molecule is CC(C=NC(C)(C)C)=C1CCCCC1. The van der Waals surface area contributed by atoms with Gasteiger partial charge in [0.05, 0.1) is 5.54 Å². The summed E-state index contributed by atoms with van der Waals surface area (Å²) in [5, 5.41) is 0. The number of nitrogens with zero attached hydrogens (tertiary/aromatic N) is 1. The van der Waals surface area contributed by atoms with Gasteiger partial charge in [-0.25, -0.2) is 0 Å². The van der Waals surface area contributed by atoms with Crippen molar-refractivity contribution in [3.8, 4) is 0 Å². The van der Waals surface area contributed by atoms with Crippen molar-refractivity contribution in [2.45, 2.75) is 65.3 Å². The maximum Gasteiger partial charge on any atom is 0.0524 e. The van der Waals surface area contributed by atoms with Gasteiger partial charge in [0.1, 0.15) is 0 Å². The van der Waals surface area contributed by atoms with Crippen LogP contribution in [0.2, 0.25) is 0 Å². The van der Waals surface area contributed by atoms with Gasteiger partial charge >= 0.3 is 0 Å². The van der Waals surface area contributed by atoms with E-state index in [0.29, 0.717) is 0 Å². The van der Waals surface area contributed by atoms with Crippen molar-refractivity contribution in [2.75, 3.05) is 0 Å². The van der Waals surface area contributed by atoms with Gasteiger partial charge in [-0.1, -0.05) is 12.0 Å². The maximum atomic E-state index is 4.55.